The van der Waals surface area contributed by atoms with Gasteiger partial charge in [0.25, 0.3) is 5.91 Å². The summed E-state index contributed by atoms with van der Waals surface area (Å²) >= 11 is 6.31. The Kier molecular flexibility index (Phi) is 7.86. The van der Waals surface area contributed by atoms with Crippen LogP contribution in [0.2, 0.25) is 23.2 Å². The van der Waals surface area contributed by atoms with Gasteiger partial charge < -0.3 is 9.74 Å². The van der Waals surface area contributed by atoms with E-state index in [1.54, 1.807) is 0 Å². The van der Waals surface area contributed by atoms with Crippen LogP contribution in [0.15, 0.2) is 35.2 Å². The molecule has 2 aliphatic rings. The highest BCUT2D eigenvalue weighted by Crippen LogP contribution is 2.50. The lowest BCUT2D eigenvalue weighted by molar-refractivity contribution is 0.0713. The third kappa shape index (κ3) is 5.55. The summed E-state index contributed by atoms with van der Waals surface area (Å²) in [7, 11) is -5.91. The highest BCUT2D eigenvalue weighted by atomic mass is 35.5. The van der Waals surface area contributed by atoms with E-state index >= 15 is 0 Å². The van der Waals surface area contributed by atoms with E-state index in [1.165, 1.54) is 18.2 Å². The van der Waals surface area contributed by atoms with E-state index in [0.29, 0.717) is 25.0 Å². The van der Waals surface area contributed by atoms with E-state index in [0.717, 1.165) is 12.8 Å². The maximum Gasteiger partial charge on any atom is 0.255 e. The van der Waals surface area contributed by atoms with E-state index in [9.17, 15) is 26.4 Å². The lowest BCUT2D eigenvalue weighted by Gasteiger charge is -2.44. The first kappa shape index (κ1) is 29.1. The number of hydrogen-bond donors (Lipinski definition) is 1. The third-order valence-electron chi connectivity index (χ3n) is 8.39. The van der Waals surface area contributed by atoms with E-state index in [-0.39, 0.29) is 44.1 Å². The van der Waals surface area contributed by atoms with Crippen LogP contribution >= 0.6 is 11.6 Å². The van der Waals surface area contributed by atoms with Crippen molar-refractivity contribution in [2.75, 3.05) is 5.32 Å². The van der Waals surface area contributed by atoms with E-state index in [1.807, 2.05) is 0 Å². The fourth-order valence-electron chi connectivity index (χ4n) is 5.25. The monoisotopic (exact) mass is 587 g/mol. The number of carbonyl (C=O) groups excluding carboxylic acids is 1. The molecule has 2 aromatic carbocycles. The van der Waals surface area contributed by atoms with Gasteiger partial charge in [-0.2, -0.15) is 0 Å². The van der Waals surface area contributed by atoms with Crippen LogP contribution in [-0.4, -0.2) is 34.0 Å². The van der Waals surface area contributed by atoms with Crippen LogP contribution in [0.25, 0.3) is 0 Å². The number of rotatable bonds is 6. The number of benzene rings is 2. The largest absolute Gasteiger partial charge is 0.413 e. The van der Waals surface area contributed by atoms with Crippen LogP contribution in [0.3, 0.4) is 0 Å². The molecule has 1 N–H and O–H groups in total. The summed E-state index contributed by atoms with van der Waals surface area (Å²) in [6, 6.07) is 5.11. The molecule has 11 heteroatoms. The molecule has 38 heavy (non-hydrogen) atoms. The number of sulfone groups is 1. The number of amides is 1. The molecule has 2 aliphatic carbocycles. The Morgan fingerprint density at radius 3 is 2.11 bits per heavy atom. The van der Waals surface area contributed by atoms with Crippen LogP contribution in [-0.2, 0) is 14.3 Å². The predicted octanol–water partition coefficient (Wildman–Crippen LogP) is 7.36. The van der Waals surface area contributed by atoms with Gasteiger partial charge in [0, 0.05) is 23.4 Å². The van der Waals surface area contributed by atoms with Crippen LogP contribution in [0.4, 0.5) is 18.9 Å². The summed E-state index contributed by atoms with van der Waals surface area (Å²) in [5, 5.41) is 1.66. The minimum atomic E-state index is -3.89. The molecule has 1 amide bonds. The van der Waals surface area contributed by atoms with E-state index < -0.39 is 46.8 Å². The van der Waals surface area contributed by atoms with Crippen molar-refractivity contribution in [2.24, 2.45) is 11.8 Å². The Hall–Kier alpha value is -1.88. The topological polar surface area (TPSA) is 72.5 Å². The molecule has 0 radical (unpaired) electrons. The van der Waals surface area contributed by atoms with Crippen LogP contribution in [0.1, 0.15) is 56.8 Å². The van der Waals surface area contributed by atoms with Gasteiger partial charge >= 0.3 is 0 Å². The summed E-state index contributed by atoms with van der Waals surface area (Å²) in [6.45, 7) is 11.0. The van der Waals surface area contributed by atoms with Gasteiger partial charge in [0.2, 0.25) is 0 Å². The molecule has 5 nitrogen and oxygen atoms in total. The van der Waals surface area contributed by atoms with Crippen molar-refractivity contribution in [1.29, 1.82) is 0 Å². The van der Waals surface area contributed by atoms with Crippen LogP contribution in [0.5, 0.6) is 0 Å². The quantitative estimate of drug-likeness (QED) is 0.283. The average molecular weight is 588 g/mol. The predicted molar refractivity (Wildman–Crippen MR) is 144 cm³/mol. The molecular weight excluding hydrogens is 555 g/mol. The second-order valence-electron chi connectivity index (χ2n) is 11.9. The number of halogens is 4. The zero-order chi connectivity index (χ0) is 28.2. The van der Waals surface area contributed by atoms with Gasteiger partial charge in [-0.1, -0.05) is 32.4 Å². The first-order valence-corrected chi connectivity index (χ1v) is 17.5. The number of fused-ring (bicyclic) bond motifs is 2. The summed E-state index contributed by atoms with van der Waals surface area (Å²) < 4.78 is 74.6. The Morgan fingerprint density at radius 1 is 1.03 bits per heavy atom. The van der Waals surface area contributed by atoms with Crippen molar-refractivity contribution < 1.29 is 30.8 Å². The fourth-order valence-corrected chi connectivity index (χ4v) is 9.10. The first-order valence-electron chi connectivity index (χ1n) is 12.7. The van der Waals surface area contributed by atoms with Gasteiger partial charge in [0.05, 0.1) is 21.3 Å². The SMILES string of the molecule is CC(C)(C)[Si](C)(C)OC1C2CC[C@H]1CC(S(=O)(=O)c1cc(C(=O)Nc3cc(F)c(F)c(F)c3)ccc1Cl)C2. The fraction of sp³-hybridized carbons (Fsp3) is 0.519. The number of hydrogen-bond acceptors (Lipinski definition) is 4. The smallest absolute Gasteiger partial charge is 0.255 e. The second-order valence-corrected chi connectivity index (χ2v) is 19.3. The van der Waals surface area contributed by atoms with E-state index in [2.05, 4.69) is 39.2 Å². The van der Waals surface area contributed by atoms with Gasteiger partial charge in [-0.3, -0.25) is 4.79 Å². The van der Waals surface area contributed by atoms with Gasteiger partial charge in [-0.15, -0.1) is 0 Å². The Bertz CT molecular complexity index is 1330. The molecule has 3 unspecified atom stereocenters. The standard InChI is InChI=1S/C27H33ClF3NO4SSi/c1-27(2,3)38(4,5)36-25-15-6-7-16(25)11-19(10-15)37(34,35)23-12-17(8-9-20(23)28)26(33)32-18-13-21(29)24(31)22(30)14-18/h8-9,12-16,19,25H,6-7,10-11H2,1-5H3,(H,32,33)/t15-,16?,19?,25?/m0/s1. The number of anilines is 1. The summed E-state index contributed by atoms with van der Waals surface area (Å²) in [5.41, 5.74) is -0.363. The molecule has 2 bridgehead atoms. The van der Waals surface area contributed by atoms with Crippen molar-refractivity contribution in [3.63, 3.8) is 0 Å². The molecule has 0 heterocycles. The molecule has 0 spiro atoms. The molecule has 4 rings (SSSR count). The molecule has 0 aliphatic heterocycles. The van der Waals surface area contributed by atoms with E-state index in [4.69, 9.17) is 16.0 Å². The molecule has 2 aromatic rings. The van der Waals surface area contributed by atoms with Crippen molar-refractivity contribution in [3.05, 3.63) is 58.4 Å². The van der Waals surface area contributed by atoms with Gasteiger partial charge in [0.15, 0.2) is 35.6 Å². The van der Waals surface area contributed by atoms with Gasteiger partial charge in [-0.05, 0) is 73.9 Å². The number of carbonyl (C=O) groups is 1. The zero-order valence-electron chi connectivity index (χ0n) is 22.1. The summed E-state index contributed by atoms with van der Waals surface area (Å²) in [6.07, 6.45) is 2.79. The van der Waals surface area contributed by atoms with Crippen molar-refractivity contribution in [2.45, 2.75) is 80.8 Å². The highest BCUT2D eigenvalue weighted by molar-refractivity contribution is 7.92. The zero-order valence-corrected chi connectivity index (χ0v) is 24.7. The van der Waals surface area contributed by atoms with Crippen LogP contribution in [0, 0.1) is 29.3 Å². The minimum absolute atomic E-state index is 0.00702. The number of nitrogens with one attached hydrogen (secondary N) is 1. The highest BCUT2D eigenvalue weighted by Gasteiger charge is 2.51. The molecule has 208 valence electrons. The van der Waals surface area contributed by atoms with Gasteiger partial charge in [0.1, 0.15) is 0 Å². The summed E-state index contributed by atoms with van der Waals surface area (Å²) in [4.78, 5) is 12.6. The average Bonchev–Trinajstić information content (AvgIpc) is 3.02. The maximum atomic E-state index is 13.7. The van der Waals surface area contributed by atoms with Crippen molar-refractivity contribution in [3.8, 4) is 0 Å². The Morgan fingerprint density at radius 2 is 1.58 bits per heavy atom. The molecule has 4 atom stereocenters. The van der Waals surface area contributed by atoms with Crippen LogP contribution < -0.4 is 5.32 Å². The molecule has 0 saturated heterocycles. The normalized spacial score (nSPS) is 23.9. The van der Waals surface area contributed by atoms with Crippen molar-refractivity contribution >= 4 is 41.4 Å². The molecule has 2 saturated carbocycles. The minimum Gasteiger partial charge on any atom is -0.413 e. The molecular formula is C27H33ClF3NO4SSi. The second kappa shape index (κ2) is 10.3. The lowest BCUT2D eigenvalue weighted by atomic mass is 9.86. The van der Waals surface area contributed by atoms with Crippen molar-refractivity contribution in [1.82, 2.24) is 0 Å². The first-order chi connectivity index (χ1) is 17.5. The molecule has 2 fully saturated rings. The third-order valence-corrected chi connectivity index (χ3v) is 15.5. The summed E-state index contributed by atoms with van der Waals surface area (Å²) in [5.74, 6) is -5.10. The maximum absolute atomic E-state index is 13.7. The lowest BCUT2D eigenvalue weighted by Crippen LogP contribution is -2.49. The Labute approximate surface area is 228 Å². The van der Waals surface area contributed by atoms with Gasteiger partial charge in [-0.25, -0.2) is 21.6 Å². The molecule has 0 aromatic heterocycles. The Balaban J connectivity index is 1.54.